The van der Waals surface area contributed by atoms with Gasteiger partial charge in [-0.2, -0.15) is 5.10 Å². The molecule has 0 bridgehead atoms. The van der Waals surface area contributed by atoms with Crippen LogP contribution in [0.15, 0.2) is 48.8 Å². The minimum absolute atomic E-state index is 0.717. The Hall–Kier alpha value is -1.58. The largest absolute Gasteiger partial charge is 0.299 e. The van der Waals surface area contributed by atoms with Gasteiger partial charge in [0.2, 0.25) is 0 Å². The second kappa shape index (κ2) is 7.61. The van der Waals surface area contributed by atoms with Gasteiger partial charge in [-0.25, -0.2) is 0 Å². The maximum Gasteiger partial charge on any atom is 0.0785 e. The van der Waals surface area contributed by atoms with Crippen LogP contribution in [0, 0.1) is 0 Å². The molecule has 4 heteroatoms. The van der Waals surface area contributed by atoms with Gasteiger partial charge in [0.25, 0.3) is 0 Å². The molecular formula is C18H22ClN3. The van der Waals surface area contributed by atoms with Crippen LogP contribution in [0.1, 0.15) is 24.8 Å². The Morgan fingerprint density at radius 2 is 1.91 bits per heavy atom. The minimum atomic E-state index is 0.717. The molecule has 2 aromatic rings. The maximum atomic E-state index is 5.86. The lowest BCUT2D eigenvalue weighted by molar-refractivity contribution is 0.291. The van der Waals surface area contributed by atoms with Crippen molar-refractivity contribution in [3.05, 3.63) is 59.4 Å². The van der Waals surface area contributed by atoms with Gasteiger partial charge < -0.3 is 0 Å². The Kier molecular flexibility index (Phi) is 5.30. The van der Waals surface area contributed by atoms with Gasteiger partial charge in [-0.3, -0.25) is 9.58 Å². The summed E-state index contributed by atoms with van der Waals surface area (Å²) in [6.07, 6.45) is 9.46. The molecule has 3 nitrogen and oxygen atoms in total. The lowest BCUT2D eigenvalue weighted by Gasteiger charge is -2.26. The number of nitrogens with zero attached hydrogens (tertiary/aromatic N) is 3. The molecule has 0 saturated heterocycles. The van der Waals surface area contributed by atoms with E-state index in [1.807, 2.05) is 10.9 Å². The summed E-state index contributed by atoms with van der Waals surface area (Å²) in [5.41, 5.74) is 2.86. The molecular weight excluding hydrogens is 294 g/mol. The van der Waals surface area contributed by atoms with Crippen LogP contribution < -0.4 is 0 Å². The molecule has 0 unspecified atom stereocenters. The van der Waals surface area contributed by atoms with Gasteiger partial charge in [0.1, 0.15) is 0 Å². The average Bonchev–Trinajstić information content (AvgIpc) is 2.98. The number of aromatic nitrogens is 2. The van der Waals surface area contributed by atoms with Crippen LogP contribution in [0.5, 0.6) is 0 Å². The van der Waals surface area contributed by atoms with E-state index in [4.69, 9.17) is 11.6 Å². The lowest BCUT2D eigenvalue weighted by Crippen LogP contribution is -2.29. The van der Waals surface area contributed by atoms with Crippen molar-refractivity contribution in [2.75, 3.05) is 19.6 Å². The minimum Gasteiger partial charge on any atom is -0.299 e. The maximum absolute atomic E-state index is 5.86. The lowest BCUT2D eigenvalue weighted by atomic mass is 9.99. The van der Waals surface area contributed by atoms with E-state index in [1.54, 1.807) is 6.20 Å². The molecule has 1 aromatic carbocycles. The van der Waals surface area contributed by atoms with E-state index in [9.17, 15) is 0 Å². The molecule has 22 heavy (non-hydrogen) atoms. The summed E-state index contributed by atoms with van der Waals surface area (Å²) >= 11 is 5.86. The first-order valence-electron chi connectivity index (χ1n) is 7.96. The van der Waals surface area contributed by atoms with Crippen molar-refractivity contribution in [1.29, 1.82) is 0 Å². The molecule has 0 radical (unpaired) electrons. The quantitative estimate of drug-likeness (QED) is 0.748. The third kappa shape index (κ3) is 4.21. The van der Waals surface area contributed by atoms with Gasteiger partial charge >= 0.3 is 0 Å². The summed E-state index contributed by atoms with van der Waals surface area (Å²) in [5.74, 6) is 0. The first kappa shape index (κ1) is 15.3. The summed E-state index contributed by atoms with van der Waals surface area (Å²) in [5, 5.41) is 4.92. The van der Waals surface area contributed by atoms with E-state index in [0.717, 1.165) is 44.0 Å². The zero-order valence-corrected chi connectivity index (χ0v) is 13.5. The number of benzene rings is 1. The second-order valence-electron chi connectivity index (χ2n) is 5.77. The number of hydrogen-bond acceptors (Lipinski definition) is 2. The topological polar surface area (TPSA) is 21.1 Å². The van der Waals surface area contributed by atoms with Gasteiger partial charge in [-0.05, 0) is 36.9 Å². The third-order valence-electron chi connectivity index (χ3n) is 4.15. The van der Waals surface area contributed by atoms with Crippen LogP contribution in [-0.4, -0.2) is 34.3 Å². The number of aryl methyl sites for hydroxylation is 1. The van der Waals surface area contributed by atoms with Crippen LogP contribution in [0.2, 0.25) is 5.02 Å². The molecule has 2 heterocycles. The van der Waals surface area contributed by atoms with Gasteiger partial charge in [-0.15, -0.1) is 0 Å². The highest BCUT2D eigenvalue weighted by atomic mass is 35.5. The summed E-state index contributed by atoms with van der Waals surface area (Å²) in [4.78, 5) is 2.53. The predicted octanol–water partition coefficient (Wildman–Crippen LogP) is 4.11. The van der Waals surface area contributed by atoms with Crippen LogP contribution in [0.25, 0.3) is 5.57 Å². The first-order valence-corrected chi connectivity index (χ1v) is 8.34. The Balaban J connectivity index is 1.39. The van der Waals surface area contributed by atoms with Crippen molar-refractivity contribution in [3.8, 4) is 0 Å². The number of halogens is 1. The zero-order valence-electron chi connectivity index (χ0n) is 12.8. The van der Waals surface area contributed by atoms with Crippen molar-refractivity contribution in [2.45, 2.75) is 25.8 Å². The fourth-order valence-corrected chi connectivity index (χ4v) is 3.05. The molecule has 0 aliphatic carbocycles. The van der Waals surface area contributed by atoms with Gasteiger partial charge in [0.05, 0.1) is 11.2 Å². The highest BCUT2D eigenvalue weighted by Crippen LogP contribution is 2.22. The highest BCUT2D eigenvalue weighted by molar-refractivity contribution is 6.30. The van der Waals surface area contributed by atoms with E-state index in [1.165, 1.54) is 17.6 Å². The molecule has 0 fully saturated rings. The summed E-state index contributed by atoms with van der Waals surface area (Å²) in [6, 6.07) is 10.7. The molecule has 0 spiro atoms. The number of rotatable bonds is 6. The predicted molar refractivity (Wildman–Crippen MR) is 91.9 cm³/mol. The zero-order chi connectivity index (χ0) is 15.2. The van der Waals surface area contributed by atoms with Crippen molar-refractivity contribution >= 4 is 17.2 Å². The Bertz CT molecular complexity index is 618. The molecule has 116 valence electrons. The SMILES string of the molecule is Clc1cnn(CCCCN2CC=C(c3ccccc3)CC2)c1. The molecule has 0 N–H and O–H groups in total. The summed E-state index contributed by atoms with van der Waals surface area (Å²) < 4.78 is 1.92. The first-order chi connectivity index (χ1) is 10.8. The van der Waals surface area contributed by atoms with Crippen LogP contribution in [0.4, 0.5) is 0 Å². The third-order valence-corrected chi connectivity index (χ3v) is 4.35. The number of unbranched alkanes of at least 4 members (excludes halogenated alkanes) is 1. The van der Waals surface area contributed by atoms with Gasteiger partial charge in [0, 0.05) is 25.8 Å². The Morgan fingerprint density at radius 1 is 1.09 bits per heavy atom. The van der Waals surface area contributed by atoms with Crippen molar-refractivity contribution in [3.63, 3.8) is 0 Å². The average molecular weight is 316 g/mol. The van der Waals surface area contributed by atoms with Crippen LogP contribution in [0.3, 0.4) is 0 Å². The van der Waals surface area contributed by atoms with E-state index in [2.05, 4.69) is 46.4 Å². The van der Waals surface area contributed by atoms with E-state index in [0.29, 0.717) is 0 Å². The normalized spacial score (nSPS) is 15.8. The summed E-state index contributed by atoms with van der Waals surface area (Å²) in [7, 11) is 0. The van der Waals surface area contributed by atoms with E-state index < -0.39 is 0 Å². The molecule has 1 aliphatic heterocycles. The van der Waals surface area contributed by atoms with Crippen molar-refractivity contribution in [2.24, 2.45) is 0 Å². The Labute approximate surface area is 137 Å². The standard InChI is InChI=1S/C18H22ClN3/c19-18-14-20-22(15-18)11-5-4-10-21-12-8-17(9-13-21)16-6-2-1-3-7-16/h1-3,6-8,14-15H,4-5,9-13H2. The van der Waals surface area contributed by atoms with Crippen LogP contribution in [-0.2, 0) is 6.54 Å². The van der Waals surface area contributed by atoms with Crippen LogP contribution >= 0.6 is 11.6 Å². The Morgan fingerprint density at radius 3 is 2.59 bits per heavy atom. The highest BCUT2D eigenvalue weighted by Gasteiger charge is 2.12. The second-order valence-corrected chi connectivity index (χ2v) is 6.21. The smallest absolute Gasteiger partial charge is 0.0785 e. The molecule has 0 atom stereocenters. The van der Waals surface area contributed by atoms with Crippen molar-refractivity contribution < 1.29 is 0 Å². The van der Waals surface area contributed by atoms with Gasteiger partial charge in [-0.1, -0.05) is 48.0 Å². The van der Waals surface area contributed by atoms with E-state index >= 15 is 0 Å². The fraction of sp³-hybridized carbons (Fsp3) is 0.389. The fourth-order valence-electron chi connectivity index (χ4n) is 2.90. The molecule has 0 saturated carbocycles. The van der Waals surface area contributed by atoms with E-state index in [-0.39, 0.29) is 0 Å². The monoisotopic (exact) mass is 315 g/mol. The number of hydrogen-bond donors (Lipinski definition) is 0. The summed E-state index contributed by atoms with van der Waals surface area (Å²) in [6.45, 7) is 4.34. The molecule has 1 aromatic heterocycles. The van der Waals surface area contributed by atoms with Crippen molar-refractivity contribution in [1.82, 2.24) is 14.7 Å². The molecule has 3 rings (SSSR count). The molecule has 1 aliphatic rings. The molecule has 0 amide bonds. The van der Waals surface area contributed by atoms with Gasteiger partial charge in [0.15, 0.2) is 0 Å².